The van der Waals surface area contributed by atoms with Crippen LogP contribution in [-0.4, -0.2) is 98.9 Å². The third kappa shape index (κ3) is 27.7. The van der Waals surface area contributed by atoms with Crippen LogP contribution in [0.25, 0.3) is 0 Å². The Bertz CT molecular complexity index is 1190. The summed E-state index contributed by atoms with van der Waals surface area (Å²) < 4.78 is 34.1. The van der Waals surface area contributed by atoms with Crippen molar-refractivity contribution in [1.29, 1.82) is 0 Å². The summed E-state index contributed by atoms with van der Waals surface area (Å²) in [4.78, 5) is 23.1. The van der Waals surface area contributed by atoms with Crippen molar-refractivity contribution in [2.45, 2.75) is 198 Å². The van der Waals surface area contributed by atoms with Crippen LogP contribution in [0.1, 0.15) is 155 Å². The number of aliphatic hydroxyl groups is 5. The zero-order valence-corrected chi connectivity index (χ0v) is 36.5. The van der Waals surface area contributed by atoms with Gasteiger partial charge < -0.3 is 39.9 Å². The maximum absolute atomic E-state index is 12.8. The Hall–Kier alpha value is -1.96. The van der Waals surface area contributed by atoms with E-state index in [9.17, 15) is 39.8 Å². The van der Waals surface area contributed by atoms with E-state index in [1.807, 2.05) is 0 Å². The van der Waals surface area contributed by atoms with Gasteiger partial charge in [-0.3, -0.25) is 13.8 Å². The van der Waals surface area contributed by atoms with Crippen LogP contribution in [0.5, 0.6) is 0 Å². The molecule has 1 aliphatic carbocycles. The zero-order chi connectivity index (χ0) is 42.7. The Morgan fingerprint density at radius 1 is 0.569 bits per heavy atom. The van der Waals surface area contributed by atoms with E-state index in [0.717, 1.165) is 70.6 Å². The first kappa shape index (κ1) is 54.1. The lowest BCUT2D eigenvalue weighted by Crippen LogP contribution is -2.64. The number of phosphoric ester groups is 1. The van der Waals surface area contributed by atoms with Crippen molar-refractivity contribution in [1.82, 2.24) is 0 Å². The number of allylic oxidation sites excluding steroid dienone is 10. The van der Waals surface area contributed by atoms with Crippen molar-refractivity contribution in [3.63, 3.8) is 0 Å². The highest BCUT2D eigenvalue weighted by Gasteiger charge is 2.51. The summed E-state index contributed by atoms with van der Waals surface area (Å²) in [6.45, 7) is 4.06. The van der Waals surface area contributed by atoms with Crippen molar-refractivity contribution < 1.29 is 58.3 Å². The van der Waals surface area contributed by atoms with Gasteiger partial charge in [0.05, 0.1) is 13.2 Å². The zero-order valence-electron chi connectivity index (χ0n) is 35.6. The van der Waals surface area contributed by atoms with Gasteiger partial charge in [-0.05, 0) is 77.0 Å². The highest BCUT2D eigenvalue weighted by Crippen LogP contribution is 2.47. The van der Waals surface area contributed by atoms with Gasteiger partial charge in [-0.2, -0.15) is 0 Å². The minimum absolute atomic E-state index is 0.100. The molecule has 0 heterocycles. The molecule has 13 heteroatoms. The summed E-state index contributed by atoms with van der Waals surface area (Å²) in [5, 5.41) is 50.1. The minimum Gasteiger partial charge on any atom is -0.457 e. The summed E-state index contributed by atoms with van der Waals surface area (Å²) in [5.41, 5.74) is 0. The molecule has 0 saturated heterocycles. The first-order valence-electron chi connectivity index (χ1n) is 22.1. The lowest BCUT2D eigenvalue weighted by molar-refractivity contribution is -0.220. The average molecular weight is 843 g/mol. The topological polar surface area (TPSA) is 192 Å². The highest BCUT2D eigenvalue weighted by molar-refractivity contribution is 7.47. The van der Waals surface area contributed by atoms with Crippen molar-refractivity contribution in [2.24, 2.45) is 0 Å². The molecule has 1 fully saturated rings. The molecule has 1 saturated carbocycles. The fourth-order valence-corrected chi connectivity index (χ4v) is 7.31. The predicted octanol–water partition coefficient (Wildman–Crippen LogP) is 8.64. The Labute approximate surface area is 349 Å². The third-order valence-corrected chi connectivity index (χ3v) is 10.9. The average Bonchev–Trinajstić information content (AvgIpc) is 3.21. The van der Waals surface area contributed by atoms with E-state index < -0.39 is 63.1 Å². The Balaban J connectivity index is 2.46. The molecule has 1 rings (SSSR count). The van der Waals surface area contributed by atoms with Gasteiger partial charge in [0, 0.05) is 13.0 Å². The second kappa shape index (κ2) is 35.8. The standard InChI is InChI=1S/C45H79O12P/c1-3-5-7-9-11-13-15-17-19-21-23-25-27-29-31-33-35-54-36-38(37-55-58(52,53)57-45-43(50)41(48)40(47)42(49)44(45)51)56-39(46)34-32-30-28-26-24-22-20-18-16-14-12-10-8-6-4-2/h6,8,12,14,17-20,24,26,38,40-45,47-51H,3-5,7,9-11,13,15-16,21-23,25,27-37H2,1-2H3,(H,52,53)/b8-6-,14-12-,19-17-,20-18-,26-24-. The number of phosphoric acid groups is 1. The van der Waals surface area contributed by atoms with Gasteiger partial charge in [0.15, 0.2) is 0 Å². The SMILES string of the molecule is CC/C=C\C/C=C\C/C=C\C/C=C\CCCCC(=O)OC(COCCCCCCCC/C=C\CCCCCCCC)COP(=O)(O)OC1C(O)C(O)C(O)C(O)C1O. The molecule has 6 N–H and O–H groups in total. The smallest absolute Gasteiger partial charge is 0.457 e. The Morgan fingerprint density at radius 2 is 1.02 bits per heavy atom. The van der Waals surface area contributed by atoms with Gasteiger partial charge in [-0.1, -0.05) is 132 Å². The number of aliphatic hydroxyl groups excluding tert-OH is 5. The first-order chi connectivity index (χ1) is 28.0. The molecule has 1 aliphatic rings. The normalized spacial score (nSPS) is 23.2. The molecule has 0 aromatic carbocycles. The maximum atomic E-state index is 12.8. The molecule has 336 valence electrons. The van der Waals surface area contributed by atoms with Gasteiger partial charge in [-0.25, -0.2) is 4.57 Å². The monoisotopic (exact) mass is 843 g/mol. The number of hydrogen-bond acceptors (Lipinski definition) is 11. The largest absolute Gasteiger partial charge is 0.472 e. The summed E-state index contributed by atoms with van der Waals surface area (Å²) >= 11 is 0. The van der Waals surface area contributed by atoms with Gasteiger partial charge >= 0.3 is 13.8 Å². The maximum Gasteiger partial charge on any atom is 0.472 e. The molecule has 0 amide bonds. The van der Waals surface area contributed by atoms with Crippen molar-refractivity contribution in [2.75, 3.05) is 19.8 Å². The quantitative estimate of drug-likeness (QED) is 0.0153. The van der Waals surface area contributed by atoms with E-state index >= 15 is 0 Å². The number of unbranched alkanes of at least 4 members (excludes halogenated alkanes) is 14. The highest BCUT2D eigenvalue weighted by atomic mass is 31.2. The Kier molecular flexibility index (Phi) is 33.3. The summed E-state index contributed by atoms with van der Waals surface area (Å²) in [6, 6.07) is 0. The first-order valence-corrected chi connectivity index (χ1v) is 23.6. The molecule has 0 aromatic rings. The summed E-state index contributed by atoms with van der Waals surface area (Å²) in [5.74, 6) is -0.522. The van der Waals surface area contributed by atoms with Crippen molar-refractivity contribution >= 4 is 13.8 Å². The van der Waals surface area contributed by atoms with Crippen LogP contribution < -0.4 is 0 Å². The number of ether oxygens (including phenoxy) is 2. The van der Waals surface area contributed by atoms with Crippen LogP contribution in [0.3, 0.4) is 0 Å². The molecule has 6 atom stereocenters. The molecule has 0 bridgehead atoms. The van der Waals surface area contributed by atoms with Crippen molar-refractivity contribution in [3.05, 3.63) is 60.8 Å². The summed E-state index contributed by atoms with van der Waals surface area (Å²) in [6.07, 6.45) is 31.5. The van der Waals surface area contributed by atoms with E-state index in [2.05, 4.69) is 74.6 Å². The molecular formula is C45H79O12P. The summed E-state index contributed by atoms with van der Waals surface area (Å²) in [7, 11) is -5.03. The number of hydrogen-bond donors (Lipinski definition) is 6. The fourth-order valence-electron chi connectivity index (χ4n) is 6.34. The van der Waals surface area contributed by atoms with Crippen LogP contribution in [0.2, 0.25) is 0 Å². The molecule has 6 unspecified atom stereocenters. The second-order valence-corrected chi connectivity index (χ2v) is 16.6. The lowest BCUT2D eigenvalue weighted by Gasteiger charge is -2.41. The third-order valence-electron chi connectivity index (χ3n) is 9.87. The van der Waals surface area contributed by atoms with Crippen molar-refractivity contribution in [3.8, 4) is 0 Å². The van der Waals surface area contributed by atoms with Gasteiger partial charge in [0.25, 0.3) is 0 Å². The van der Waals surface area contributed by atoms with Crippen LogP contribution in [0.15, 0.2) is 60.8 Å². The number of carbonyl (C=O) groups excluding carboxylic acids is 1. The van der Waals surface area contributed by atoms with E-state index in [0.29, 0.717) is 13.0 Å². The molecule has 58 heavy (non-hydrogen) atoms. The Morgan fingerprint density at radius 3 is 1.57 bits per heavy atom. The van der Waals surface area contributed by atoms with E-state index in [4.69, 9.17) is 18.5 Å². The minimum atomic E-state index is -5.03. The molecule has 0 radical (unpaired) electrons. The molecular weight excluding hydrogens is 763 g/mol. The number of carbonyl (C=O) groups is 1. The van der Waals surface area contributed by atoms with E-state index in [1.54, 1.807) is 0 Å². The number of esters is 1. The molecule has 0 spiro atoms. The van der Waals surface area contributed by atoms with Crippen LogP contribution >= 0.6 is 7.82 Å². The van der Waals surface area contributed by atoms with Crippen LogP contribution in [0, 0.1) is 0 Å². The molecule has 12 nitrogen and oxygen atoms in total. The fraction of sp³-hybridized carbons (Fsp3) is 0.756. The van der Waals surface area contributed by atoms with Gasteiger partial charge in [0.2, 0.25) is 0 Å². The number of rotatable bonds is 36. The van der Waals surface area contributed by atoms with Gasteiger partial charge in [0.1, 0.15) is 42.7 Å². The molecule has 0 aromatic heterocycles. The predicted molar refractivity (Wildman–Crippen MR) is 230 cm³/mol. The molecule has 0 aliphatic heterocycles. The van der Waals surface area contributed by atoms with E-state index in [1.165, 1.54) is 57.8 Å². The van der Waals surface area contributed by atoms with Crippen LogP contribution in [0.4, 0.5) is 0 Å². The van der Waals surface area contributed by atoms with Crippen LogP contribution in [-0.2, 0) is 27.9 Å². The van der Waals surface area contributed by atoms with Gasteiger partial charge in [-0.15, -0.1) is 0 Å². The lowest BCUT2D eigenvalue weighted by atomic mass is 9.85. The second-order valence-electron chi connectivity index (χ2n) is 15.2. The van der Waals surface area contributed by atoms with E-state index in [-0.39, 0.29) is 13.0 Å².